The van der Waals surface area contributed by atoms with E-state index in [0.717, 1.165) is 4.47 Å². The lowest BCUT2D eigenvalue weighted by Gasteiger charge is -2.34. The molecule has 0 aliphatic carbocycles. The normalized spacial score (nSPS) is 18.4. The van der Waals surface area contributed by atoms with E-state index in [4.69, 9.17) is 5.11 Å². The molecular weight excluding hydrogens is 294 g/mol. The summed E-state index contributed by atoms with van der Waals surface area (Å²) in [4.78, 5) is 0.308. The maximum atomic E-state index is 12.1. The second kappa shape index (κ2) is 4.10. The molecule has 1 fully saturated rings. The zero-order valence-electron chi connectivity index (χ0n) is 8.72. The average Bonchev–Trinajstić information content (AvgIpc) is 2.12. The van der Waals surface area contributed by atoms with Crippen LogP contribution in [0.4, 0.5) is 0 Å². The van der Waals surface area contributed by atoms with Crippen molar-refractivity contribution in [3.63, 3.8) is 0 Å². The maximum absolute atomic E-state index is 12.1. The van der Waals surface area contributed by atoms with Gasteiger partial charge in [-0.25, -0.2) is 8.42 Å². The van der Waals surface area contributed by atoms with E-state index in [2.05, 4.69) is 15.9 Å². The molecule has 0 saturated carbocycles. The van der Waals surface area contributed by atoms with E-state index in [1.165, 1.54) is 4.31 Å². The molecule has 1 N–H and O–H groups in total. The van der Waals surface area contributed by atoms with Gasteiger partial charge in [0.15, 0.2) is 0 Å². The summed E-state index contributed by atoms with van der Waals surface area (Å²) >= 11 is 3.29. The van der Waals surface area contributed by atoms with Gasteiger partial charge < -0.3 is 5.11 Å². The fourth-order valence-corrected chi connectivity index (χ4v) is 3.85. The van der Waals surface area contributed by atoms with E-state index >= 15 is 0 Å². The molecule has 0 radical (unpaired) electrons. The van der Waals surface area contributed by atoms with Crippen LogP contribution in [-0.2, 0) is 10.0 Å². The van der Waals surface area contributed by atoms with Gasteiger partial charge in [-0.05, 0) is 30.7 Å². The number of halogens is 1. The number of benzene rings is 1. The summed E-state index contributed by atoms with van der Waals surface area (Å²) in [5.74, 6) is 0. The van der Waals surface area contributed by atoms with Crippen LogP contribution in [-0.4, -0.2) is 37.0 Å². The number of aryl methyl sites for hydroxylation is 1. The number of sulfonamides is 1. The first-order valence-corrected chi connectivity index (χ1v) is 7.09. The number of hydrogen-bond donors (Lipinski definition) is 1. The van der Waals surface area contributed by atoms with E-state index in [-0.39, 0.29) is 13.1 Å². The van der Waals surface area contributed by atoms with E-state index in [9.17, 15) is 8.42 Å². The molecule has 16 heavy (non-hydrogen) atoms. The van der Waals surface area contributed by atoms with Crippen molar-refractivity contribution in [1.29, 1.82) is 0 Å². The fraction of sp³-hybridized carbons (Fsp3) is 0.400. The molecule has 1 aliphatic rings. The molecule has 2 rings (SSSR count). The number of aliphatic hydroxyl groups is 1. The maximum Gasteiger partial charge on any atom is 0.243 e. The first-order chi connectivity index (χ1) is 7.41. The molecule has 6 heteroatoms. The summed E-state index contributed by atoms with van der Waals surface area (Å²) in [7, 11) is -3.43. The molecule has 1 heterocycles. The topological polar surface area (TPSA) is 57.6 Å². The van der Waals surface area contributed by atoms with Crippen molar-refractivity contribution >= 4 is 26.0 Å². The number of nitrogens with zero attached hydrogens (tertiary/aromatic N) is 1. The summed E-state index contributed by atoms with van der Waals surface area (Å²) in [6, 6.07) is 5.05. The highest BCUT2D eigenvalue weighted by Gasteiger charge is 2.36. The summed E-state index contributed by atoms with van der Waals surface area (Å²) < 4.78 is 26.3. The van der Waals surface area contributed by atoms with Gasteiger partial charge in [-0.3, -0.25) is 0 Å². The molecule has 1 aromatic carbocycles. The molecule has 0 amide bonds. The Balaban J connectivity index is 2.36. The zero-order valence-corrected chi connectivity index (χ0v) is 11.1. The minimum absolute atomic E-state index is 0.192. The number of rotatable bonds is 2. The minimum Gasteiger partial charge on any atom is -0.390 e. The van der Waals surface area contributed by atoms with Crippen molar-refractivity contribution in [2.45, 2.75) is 17.9 Å². The summed E-state index contributed by atoms with van der Waals surface area (Å²) in [6.07, 6.45) is -0.523. The van der Waals surface area contributed by atoms with Crippen LogP contribution in [0.25, 0.3) is 0 Å². The van der Waals surface area contributed by atoms with Crippen LogP contribution in [0.2, 0.25) is 0 Å². The van der Waals surface area contributed by atoms with Crippen molar-refractivity contribution in [2.75, 3.05) is 13.1 Å². The Morgan fingerprint density at radius 1 is 1.44 bits per heavy atom. The highest BCUT2D eigenvalue weighted by molar-refractivity contribution is 9.10. The Kier molecular flexibility index (Phi) is 3.09. The molecule has 1 aliphatic heterocycles. The summed E-state index contributed by atoms with van der Waals surface area (Å²) in [5, 5.41) is 9.13. The lowest BCUT2D eigenvalue weighted by atomic mass is 10.2. The Labute approximate surface area is 103 Å². The summed E-state index contributed by atoms with van der Waals surface area (Å²) in [5.41, 5.74) is 0.704. The summed E-state index contributed by atoms with van der Waals surface area (Å²) in [6.45, 7) is 2.14. The fourth-order valence-electron chi connectivity index (χ4n) is 1.65. The minimum atomic E-state index is -3.43. The first-order valence-electron chi connectivity index (χ1n) is 4.85. The predicted octanol–water partition coefficient (Wildman–Crippen LogP) is 1.12. The quantitative estimate of drug-likeness (QED) is 0.891. The second-order valence-electron chi connectivity index (χ2n) is 3.89. The van der Waals surface area contributed by atoms with Crippen LogP contribution in [0.15, 0.2) is 27.6 Å². The Bertz CT molecular complexity index is 509. The van der Waals surface area contributed by atoms with Gasteiger partial charge in [-0.1, -0.05) is 15.9 Å². The molecule has 0 spiro atoms. The molecule has 4 nitrogen and oxygen atoms in total. The number of hydrogen-bond acceptors (Lipinski definition) is 3. The van der Waals surface area contributed by atoms with Gasteiger partial charge in [-0.15, -0.1) is 0 Å². The van der Waals surface area contributed by atoms with Crippen LogP contribution in [0, 0.1) is 6.92 Å². The van der Waals surface area contributed by atoms with Crippen LogP contribution in [0.3, 0.4) is 0 Å². The Morgan fingerprint density at radius 2 is 2.06 bits per heavy atom. The van der Waals surface area contributed by atoms with E-state index < -0.39 is 16.1 Å². The number of aliphatic hydroxyl groups excluding tert-OH is 1. The number of β-amino-alcohol motifs (C(OH)–C–C–N with tert-alkyl or cyclic N) is 1. The monoisotopic (exact) mass is 305 g/mol. The molecule has 88 valence electrons. The van der Waals surface area contributed by atoms with Crippen LogP contribution in [0.1, 0.15) is 5.56 Å². The van der Waals surface area contributed by atoms with E-state index in [1.54, 1.807) is 25.1 Å². The van der Waals surface area contributed by atoms with Gasteiger partial charge in [0, 0.05) is 17.6 Å². The van der Waals surface area contributed by atoms with Gasteiger partial charge in [0.2, 0.25) is 10.0 Å². The second-order valence-corrected chi connectivity index (χ2v) is 6.71. The van der Waals surface area contributed by atoms with Gasteiger partial charge in [0.1, 0.15) is 0 Å². The molecule has 0 bridgehead atoms. The van der Waals surface area contributed by atoms with Gasteiger partial charge in [-0.2, -0.15) is 4.31 Å². The average molecular weight is 306 g/mol. The molecule has 1 aromatic rings. The molecule has 0 unspecified atom stereocenters. The molecule has 0 atom stereocenters. The van der Waals surface area contributed by atoms with Crippen LogP contribution >= 0.6 is 15.9 Å². The molecular formula is C10H12BrNO3S. The van der Waals surface area contributed by atoms with Crippen molar-refractivity contribution in [2.24, 2.45) is 0 Å². The van der Waals surface area contributed by atoms with Gasteiger partial charge in [0.25, 0.3) is 0 Å². The van der Waals surface area contributed by atoms with Crippen molar-refractivity contribution < 1.29 is 13.5 Å². The van der Waals surface area contributed by atoms with E-state index in [0.29, 0.717) is 10.5 Å². The lowest BCUT2D eigenvalue weighted by molar-refractivity contribution is 0.0547. The third-order valence-corrected chi connectivity index (χ3v) is 5.07. The largest absolute Gasteiger partial charge is 0.390 e. The van der Waals surface area contributed by atoms with Crippen molar-refractivity contribution in [3.8, 4) is 0 Å². The Hall–Kier alpha value is -0.430. The van der Waals surface area contributed by atoms with Gasteiger partial charge in [0.05, 0.1) is 11.0 Å². The SMILES string of the molecule is Cc1cc(Br)ccc1S(=O)(=O)N1CC(O)C1. The molecule has 1 saturated heterocycles. The van der Waals surface area contributed by atoms with Crippen LogP contribution < -0.4 is 0 Å². The lowest BCUT2D eigenvalue weighted by Crippen LogP contribution is -2.53. The van der Waals surface area contributed by atoms with Crippen molar-refractivity contribution in [1.82, 2.24) is 4.31 Å². The third-order valence-electron chi connectivity index (χ3n) is 2.58. The first kappa shape index (κ1) is 12.0. The highest BCUT2D eigenvalue weighted by atomic mass is 79.9. The highest BCUT2D eigenvalue weighted by Crippen LogP contribution is 2.26. The Morgan fingerprint density at radius 3 is 2.56 bits per heavy atom. The van der Waals surface area contributed by atoms with E-state index in [1.807, 2.05) is 0 Å². The zero-order chi connectivity index (χ0) is 11.9. The smallest absolute Gasteiger partial charge is 0.243 e. The third kappa shape index (κ3) is 2.02. The predicted molar refractivity (Wildman–Crippen MR) is 63.6 cm³/mol. The standard InChI is InChI=1S/C10H12BrNO3S/c1-7-4-8(11)2-3-10(7)16(14,15)12-5-9(13)6-12/h2-4,9,13H,5-6H2,1H3. The van der Waals surface area contributed by atoms with Crippen molar-refractivity contribution in [3.05, 3.63) is 28.2 Å². The molecule has 0 aromatic heterocycles. The van der Waals surface area contributed by atoms with Crippen LogP contribution in [0.5, 0.6) is 0 Å². The van der Waals surface area contributed by atoms with Gasteiger partial charge >= 0.3 is 0 Å².